The molecule has 0 aliphatic carbocycles. The number of nitrogens with one attached hydrogen (secondary N) is 1. The van der Waals surface area contributed by atoms with Crippen molar-refractivity contribution in [1.82, 2.24) is 14.5 Å². The van der Waals surface area contributed by atoms with Gasteiger partial charge in [0.1, 0.15) is 6.04 Å². The summed E-state index contributed by atoms with van der Waals surface area (Å²) in [5.74, 6) is -0.893. The standard InChI is InChI=1S/C23H30ClN3O5S/c1-18(23(30)25-13-6-14-28)27(16-20-9-11-21(24)12-10-20)22(29)17-26(33(2,31)32)15-19-7-4-3-5-8-19/h3-5,7-12,18,28H,6,13-17H2,1-2H3,(H,25,30)/t18-/m0/s1. The van der Waals surface area contributed by atoms with Crippen LogP contribution in [0, 0.1) is 0 Å². The van der Waals surface area contributed by atoms with Crippen LogP contribution in [-0.4, -0.2) is 66.5 Å². The number of benzene rings is 2. The average Bonchev–Trinajstić information content (AvgIpc) is 2.78. The highest BCUT2D eigenvalue weighted by Crippen LogP contribution is 2.15. The second-order valence-corrected chi connectivity index (χ2v) is 10.1. The lowest BCUT2D eigenvalue weighted by Crippen LogP contribution is -2.51. The molecule has 0 unspecified atom stereocenters. The van der Waals surface area contributed by atoms with Crippen LogP contribution in [0.4, 0.5) is 0 Å². The van der Waals surface area contributed by atoms with Crippen molar-refractivity contribution < 1.29 is 23.1 Å². The zero-order valence-electron chi connectivity index (χ0n) is 18.8. The van der Waals surface area contributed by atoms with Crippen molar-refractivity contribution in [3.05, 3.63) is 70.7 Å². The van der Waals surface area contributed by atoms with Gasteiger partial charge in [0.2, 0.25) is 21.8 Å². The van der Waals surface area contributed by atoms with Gasteiger partial charge in [-0.25, -0.2) is 8.42 Å². The second kappa shape index (κ2) is 12.7. The topological polar surface area (TPSA) is 107 Å². The third-order valence-electron chi connectivity index (χ3n) is 5.05. The molecule has 10 heteroatoms. The predicted molar refractivity (Wildman–Crippen MR) is 128 cm³/mol. The maximum absolute atomic E-state index is 13.3. The van der Waals surface area contributed by atoms with Crippen LogP contribution < -0.4 is 5.32 Å². The molecular formula is C23H30ClN3O5S. The van der Waals surface area contributed by atoms with Gasteiger partial charge in [0.15, 0.2) is 0 Å². The lowest BCUT2D eigenvalue weighted by molar-refractivity contribution is -0.140. The number of aliphatic hydroxyl groups is 1. The lowest BCUT2D eigenvalue weighted by atomic mass is 10.1. The van der Waals surface area contributed by atoms with E-state index in [2.05, 4.69) is 5.32 Å². The molecule has 0 saturated carbocycles. The van der Waals surface area contributed by atoms with E-state index < -0.39 is 28.5 Å². The number of aliphatic hydroxyl groups excluding tert-OH is 1. The summed E-state index contributed by atoms with van der Waals surface area (Å²) in [6.45, 7) is 1.53. The molecule has 0 aromatic heterocycles. The zero-order chi connectivity index (χ0) is 24.4. The maximum atomic E-state index is 13.3. The van der Waals surface area contributed by atoms with Gasteiger partial charge in [-0.2, -0.15) is 4.31 Å². The summed E-state index contributed by atoms with van der Waals surface area (Å²) < 4.78 is 25.9. The monoisotopic (exact) mass is 495 g/mol. The Morgan fingerprint density at radius 2 is 1.64 bits per heavy atom. The highest BCUT2D eigenvalue weighted by molar-refractivity contribution is 7.88. The molecule has 0 aliphatic heterocycles. The molecule has 0 heterocycles. The van der Waals surface area contributed by atoms with Gasteiger partial charge in [0.25, 0.3) is 0 Å². The number of nitrogens with zero attached hydrogens (tertiary/aromatic N) is 2. The number of hydrogen-bond donors (Lipinski definition) is 2. The second-order valence-electron chi connectivity index (χ2n) is 7.71. The number of rotatable bonds is 12. The summed E-state index contributed by atoms with van der Waals surface area (Å²) >= 11 is 5.95. The van der Waals surface area contributed by atoms with Crippen molar-refractivity contribution in [3.63, 3.8) is 0 Å². The van der Waals surface area contributed by atoms with E-state index in [1.807, 2.05) is 6.07 Å². The number of hydrogen-bond acceptors (Lipinski definition) is 5. The molecule has 33 heavy (non-hydrogen) atoms. The van der Waals surface area contributed by atoms with E-state index in [1.165, 1.54) is 4.90 Å². The van der Waals surface area contributed by atoms with Crippen LogP contribution in [0.2, 0.25) is 5.02 Å². The molecule has 2 N–H and O–H groups in total. The molecule has 8 nitrogen and oxygen atoms in total. The first-order valence-electron chi connectivity index (χ1n) is 10.5. The van der Waals surface area contributed by atoms with E-state index in [9.17, 15) is 18.0 Å². The molecule has 2 amide bonds. The van der Waals surface area contributed by atoms with Crippen molar-refractivity contribution in [2.75, 3.05) is 26.0 Å². The summed E-state index contributed by atoms with van der Waals surface area (Å²) in [6, 6.07) is 15.0. The number of carbonyl (C=O) groups excluding carboxylic acids is 2. The van der Waals surface area contributed by atoms with Crippen molar-refractivity contribution in [2.24, 2.45) is 0 Å². The molecule has 0 fully saturated rings. The molecule has 0 saturated heterocycles. The van der Waals surface area contributed by atoms with Crippen LogP contribution in [0.5, 0.6) is 0 Å². The SMILES string of the molecule is C[C@@H](C(=O)NCCCO)N(Cc1ccc(Cl)cc1)C(=O)CN(Cc1ccccc1)S(C)(=O)=O. The van der Waals surface area contributed by atoms with Gasteiger partial charge in [-0.1, -0.05) is 54.1 Å². The van der Waals surface area contributed by atoms with Gasteiger partial charge in [-0.3, -0.25) is 9.59 Å². The first kappa shape index (κ1) is 26.8. The van der Waals surface area contributed by atoms with E-state index in [0.717, 1.165) is 21.7 Å². The third-order valence-corrected chi connectivity index (χ3v) is 6.50. The third kappa shape index (κ3) is 8.77. The van der Waals surface area contributed by atoms with Gasteiger partial charge < -0.3 is 15.3 Å². The molecule has 1 atom stereocenters. The van der Waals surface area contributed by atoms with E-state index in [0.29, 0.717) is 11.4 Å². The first-order chi connectivity index (χ1) is 15.6. The van der Waals surface area contributed by atoms with Crippen molar-refractivity contribution >= 4 is 33.4 Å². The Kier molecular flexibility index (Phi) is 10.3. The smallest absolute Gasteiger partial charge is 0.242 e. The highest BCUT2D eigenvalue weighted by Gasteiger charge is 2.29. The number of amides is 2. The fourth-order valence-corrected chi connectivity index (χ4v) is 3.98. The molecule has 2 aromatic rings. The Labute approximate surface area is 200 Å². The average molecular weight is 496 g/mol. The van der Waals surface area contributed by atoms with Crippen molar-refractivity contribution in [1.29, 1.82) is 0 Å². The predicted octanol–water partition coefficient (Wildman–Crippen LogP) is 2.02. The Bertz CT molecular complexity index is 1020. The summed E-state index contributed by atoms with van der Waals surface area (Å²) in [5.41, 5.74) is 1.49. The van der Waals surface area contributed by atoms with Crippen LogP contribution >= 0.6 is 11.6 Å². The van der Waals surface area contributed by atoms with E-state index >= 15 is 0 Å². The zero-order valence-corrected chi connectivity index (χ0v) is 20.3. The van der Waals surface area contributed by atoms with Crippen molar-refractivity contribution in [2.45, 2.75) is 32.5 Å². The molecule has 2 aromatic carbocycles. The summed E-state index contributed by atoms with van der Waals surface area (Å²) in [6.07, 6.45) is 1.44. The van der Waals surface area contributed by atoms with Gasteiger partial charge in [0, 0.05) is 31.3 Å². The number of halogens is 1. The summed E-state index contributed by atoms with van der Waals surface area (Å²) in [4.78, 5) is 27.3. The van der Waals surface area contributed by atoms with Gasteiger partial charge >= 0.3 is 0 Å². The van der Waals surface area contributed by atoms with Crippen LogP contribution in [0.15, 0.2) is 54.6 Å². The highest BCUT2D eigenvalue weighted by atomic mass is 35.5. The minimum Gasteiger partial charge on any atom is -0.396 e. The molecule has 0 radical (unpaired) electrons. The van der Waals surface area contributed by atoms with Gasteiger partial charge in [-0.15, -0.1) is 0 Å². The Morgan fingerprint density at radius 3 is 2.21 bits per heavy atom. The molecule has 0 spiro atoms. The fourth-order valence-electron chi connectivity index (χ4n) is 3.13. The van der Waals surface area contributed by atoms with Crippen LogP contribution in [0.1, 0.15) is 24.5 Å². The molecule has 2 rings (SSSR count). The van der Waals surface area contributed by atoms with Crippen molar-refractivity contribution in [3.8, 4) is 0 Å². The molecule has 180 valence electrons. The normalized spacial score (nSPS) is 12.4. The maximum Gasteiger partial charge on any atom is 0.242 e. The van der Waals surface area contributed by atoms with Crippen LogP contribution in [-0.2, 0) is 32.7 Å². The first-order valence-corrected chi connectivity index (χ1v) is 12.8. The quantitative estimate of drug-likeness (QED) is 0.438. The number of carbonyl (C=O) groups is 2. The van der Waals surface area contributed by atoms with Crippen LogP contribution in [0.3, 0.4) is 0 Å². The lowest BCUT2D eigenvalue weighted by Gasteiger charge is -2.31. The minimum absolute atomic E-state index is 0.0390. The largest absolute Gasteiger partial charge is 0.396 e. The fraction of sp³-hybridized carbons (Fsp3) is 0.391. The molecular weight excluding hydrogens is 466 g/mol. The minimum atomic E-state index is -3.69. The van der Waals surface area contributed by atoms with E-state index in [-0.39, 0.29) is 32.1 Å². The summed E-state index contributed by atoms with van der Waals surface area (Å²) in [7, 11) is -3.69. The van der Waals surface area contributed by atoms with E-state index in [4.69, 9.17) is 16.7 Å². The van der Waals surface area contributed by atoms with Gasteiger partial charge in [-0.05, 0) is 36.6 Å². The molecule has 0 bridgehead atoms. The van der Waals surface area contributed by atoms with Crippen LogP contribution in [0.25, 0.3) is 0 Å². The summed E-state index contributed by atoms with van der Waals surface area (Å²) in [5, 5.41) is 12.2. The number of sulfonamides is 1. The Balaban J connectivity index is 2.25. The van der Waals surface area contributed by atoms with Gasteiger partial charge in [0.05, 0.1) is 12.8 Å². The molecule has 0 aliphatic rings. The Hall–Kier alpha value is -2.46. The van der Waals surface area contributed by atoms with E-state index in [1.54, 1.807) is 55.5 Å². The Morgan fingerprint density at radius 1 is 1.03 bits per heavy atom.